The van der Waals surface area contributed by atoms with Gasteiger partial charge in [-0.1, -0.05) is 31.2 Å². The standard InChI is InChI=1S/C18H22N2O2.ClH/c1-3-13-4-6-14(7-5-13)8-11-18(21)20-17-12-15(22-2)9-10-16(17)19;/h4-7,9-10,12H,3,8,11,19H2,1-2H3,(H,20,21);1H. The first-order chi connectivity index (χ1) is 10.6. The number of benzene rings is 2. The Kier molecular flexibility index (Phi) is 7.42. The number of aryl methyl sites for hydroxylation is 2. The molecule has 0 aliphatic rings. The number of anilines is 2. The van der Waals surface area contributed by atoms with Gasteiger partial charge in [0.1, 0.15) is 5.75 Å². The van der Waals surface area contributed by atoms with E-state index in [9.17, 15) is 4.79 Å². The molecule has 0 radical (unpaired) electrons. The molecule has 3 N–H and O–H groups in total. The summed E-state index contributed by atoms with van der Waals surface area (Å²) in [5, 5.41) is 2.83. The lowest BCUT2D eigenvalue weighted by atomic mass is 10.1. The molecule has 0 saturated heterocycles. The van der Waals surface area contributed by atoms with Gasteiger partial charge in [0, 0.05) is 12.5 Å². The molecule has 4 nitrogen and oxygen atoms in total. The van der Waals surface area contributed by atoms with E-state index in [1.165, 1.54) is 5.56 Å². The molecule has 2 rings (SSSR count). The van der Waals surface area contributed by atoms with Crippen molar-refractivity contribution in [1.29, 1.82) is 0 Å². The van der Waals surface area contributed by atoms with Crippen molar-refractivity contribution in [3.05, 3.63) is 53.6 Å². The molecular weight excluding hydrogens is 312 g/mol. The third-order valence-corrected chi connectivity index (χ3v) is 3.61. The Labute approximate surface area is 143 Å². The second-order valence-electron chi connectivity index (χ2n) is 5.17. The van der Waals surface area contributed by atoms with Crippen LogP contribution in [0, 0.1) is 0 Å². The number of methoxy groups -OCH3 is 1. The molecule has 2 aromatic rings. The highest BCUT2D eigenvalue weighted by Crippen LogP contribution is 2.24. The van der Waals surface area contributed by atoms with Gasteiger partial charge in [-0.15, -0.1) is 12.4 Å². The Hall–Kier alpha value is -2.20. The number of carbonyl (C=O) groups is 1. The smallest absolute Gasteiger partial charge is 0.224 e. The van der Waals surface area contributed by atoms with Crippen molar-refractivity contribution in [2.45, 2.75) is 26.2 Å². The van der Waals surface area contributed by atoms with E-state index in [0.717, 1.165) is 12.0 Å². The van der Waals surface area contributed by atoms with E-state index < -0.39 is 0 Å². The van der Waals surface area contributed by atoms with Gasteiger partial charge in [0.05, 0.1) is 18.5 Å². The second-order valence-corrected chi connectivity index (χ2v) is 5.17. The van der Waals surface area contributed by atoms with Gasteiger partial charge >= 0.3 is 0 Å². The lowest BCUT2D eigenvalue weighted by Gasteiger charge is -2.10. The summed E-state index contributed by atoms with van der Waals surface area (Å²) < 4.78 is 5.14. The molecule has 2 aromatic carbocycles. The SMILES string of the molecule is CCc1ccc(CCC(=O)Nc2cc(OC)ccc2N)cc1.Cl. The maximum atomic E-state index is 12.1. The third kappa shape index (κ3) is 5.49. The molecule has 1 amide bonds. The van der Waals surface area contributed by atoms with Crippen LogP contribution < -0.4 is 15.8 Å². The van der Waals surface area contributed by atoms with Gasteiger partial charge in [0.15, 0.2) is 0 Å². The third-order valence-electron chi connectivity index (χ3n) is 3.61. The summed E-state index contributed by atoms with van der Waals surface area (Å²) in [5.74, 6) is 0.610. The molecule has 0 spiro atoms. The Morgan fingerprint density at radius 3 is 2.39 bits per heavy atom. The molecule has 5 heteroatoms. The quantitative estimate of drug-likeness (QED) is 0.789. The summed E-state index contributed by atoms with van der Waals surface area (Å²) in [7, 11) is 1.58. The molecule has 0 aliphatic carbocycles. The number of hydrogen-bond acceptors (Lipinski definition) is 3. The molecule has 0 saturated carbocycles. The van der Waals surface area contributed by atoms with Gasteiger partial charge < -0.3 is 15.8 Å². The predicted octanol–water partition coefficient (Wildman–Crippen LogP) is 3.83. The van der Waals surface area contributed by atoms with Crippen LogP contribution in [0.25, 0.3) is 0 Å². The summed E-state index contributed by atoms with van der Waals surface area (Å²) in [4.78, 5) is 12.1. The maximum absolute atomic E-state index is 12.1. The van der Waals surface area contributed by atoms with Crippen molar-refractivity contribution in [3.63, 3.8) is 0 Å². The van der Waals surface area contributed by atoms with E-state index in [0.29, 0.717) is 30.0 Å². The van der Waals surface area contributed by atoms with Crippen molar-refractivity contribution in [1.82, 2.24) is 0 Å². The molecule has 23 heavy (non-hydrogen) atoms. The minimum atomic E-state index is -0.0560. The summed E-state index contributed by atoms with van der Waals surface area (Å²) in [5.41, 5.74) is 9.44. The van der Waals surface area contributed by atoms with Crippen LogP contribution in [0.5, 0.6) is 5.75 Å². The first kappa shape index (κ1) is 18.8. The van der Waals surface area contributed by atoms with E-state index in [-0.39, 0.29) is 18.3 Å². The zero-order chi connectivity index (χ0) is 15.9. The molecule has 0 heterocycles. The first-order valence-electron chi connectivity index (χ1n) is 7.43. The van der Waals surface area contributed by atoms with Crippen LogP contribution in [0.15, 0.2) is 42.5 Å². The van der Waals surface area contributed by atoms with Crippen LogP contribution in [0.2, 0.25) is 0 Å². The Morgan fingerprint density at radius 2 is 1.78 bits per heavy atom. The average Bonchev–Trinajstić information content (AvgIpc) is 2.55. The predicted molar refractivity (Wildman–Crippen MR) is 97.4 cm³/mol. The fraction of sp³-hybridized carbons (Fsp3) is 0.278. The minimum Gasteiger partial charge on any atom is -0.497 e. The zero-order valence-electron chi connectivity index (χ0n) is 13.5. The van der Waals surface area contributed by atoms with Gasteiger partial charge in [0.25, 0.3) is 0 Å². The largest absolute Gasteiger partial charge is 0.497 e. The van der Waals surface area contributed by atoms with Crippen molar-refractivity contribution < 1.29 is 9.53 Å². The molecule has 0 bridgehead atoms. The lowest BCUT2D eigenvalue weighted by Crippen LogP contribution is -2.13. The number of nitrogen functional groups attached to an aromatic ring is 1. The number of halogens is 1. The monoisotopic (exact) mass is 334 g/mol. The van der Waals surface area contributed by atoms with E-state index in [1.807, 2.05) is 0 Å². The van der Waals surface area contributed by atoms with Crippen LogP contribution in [0.1, 0.15) is 24.5 Å². The number of nitrogens with one attached hydrogen (secondary N) is 1. The van der Waals surface area contributed by atoms with Crippen molar-refractivity contribution in [2.24, 2.45) is 0 Å². The van der Waals surface area contributed by atoms with Crippen LogP contribution >= 0.6 is 12.4 Å². The molecule has 0 aliphatic heterocycles. The van der Waals surface area contributed by atoms with Gasteiger partial charge in [-0.05, 0) is 36.1 Å². The van der Waals surface area contributed by atoms with E-state index in [4.69, 9.17) is 10.5 Å². The normalized spacial score (nSPS) is 9.83. The number of nitrogens with two attached hydrogens (primary N) is 1. The number of amides is 1. The van der Waals surface area contributed by atoms with E-state index >= 15 is 0 Å². The van der Waals surface area contributed by atoms with Crippen LogP contribution in [0.3, 0.4) is 0 Å². The molecule has 0 atom stereocenters. The van der Waals surface area contributed by atoms with E-state index in [1.54, 1.807) is 25.3 Å². The number of carbonyl (C=O) groups excluding carboxylic acids is 1. The van der Waals surface area contributed by atoms with Crippen molar-refractivity contribution in [3.8, 4) is 5.75 Å². The Bertz CT molecular complexity index is 642. The summed E-state index contributed by atoms with van der Waals surface area (Å²) >= 11 is 0. The van der Waals surface area contributed by atoms with E-state index in [2.05, 4.69) is 36.5 Å². The summed E-state index contributed by atoms with van der Waals surface area (Å²) in [6.45, 7) is 2.13. The molecule has 0 fully saturated rings. The molecule has 0 unspecified atom stereocenters. The minimum absolute atomic E-state index is 0. The lowest BCUT2D eigenvalue weighted by molar-refractivity contribution is -0.116. The van der Waals surface area contributed by atoms with Crippen LogP contribution in [0.4, 0.5) is 11.4 Å². The molecule has 0 aromatic heterocycles. The highest BCUT2D eigenvalue weighted by Gasteiger charge is 2.07. The average molecular weight is 335 g/mol. The van der Waals surface area contributed by atoms with Crippen LogP contribution in [-0.2, 0) is 17.6 Å². The van der Waals surface area contributed by atoms with Gasteiger partial charge in [-0.2, -0.15) is 0 Å². The van der Waals surface area contributed by atoms with Gasteiger partial charge in [-0.25, -0.2) is 0 Å². The van der Waals surface area contributed by atoms with Gasteiger partial charge in [-0.3, -0.25) is 4.79 Å². The highest BCUT2D eigenvalue weighted by atomic mass is 35.5. The Balaban J connectivity index is 0.00000264. The van der Waals surface area contributed by atoms with Gasteiger partial charge in [0.2, 0.25) is 5.91 Å². The zero-order valence-corrected chi connectivity index (χ0v) is 14.3. The number of ether oxygens (including phenoxy) is 1. The number of rotatable bonds is 6. The van der Waals surface area contributed by atoms with Crippen molar-refractivity contribution >= 4 is 29.7 Å². The fourth-order valence-corrected chi connectivity index (χ4v) is 2.18. The fourth-order valence-electron chi connectivity index (χ4n) is 2.18. The topological polar surface area (TPSA) is 64.3 Å². The first-order valence-corrected chi connectivity index (χ1v) is 7.43. The molecular formula is C18H23ClN2O2. The van der Waals surface area contributed by atoms with Crippen molar-refractivity contribution in [2.75, 3.05) is 18.2 Å². The molecule has 124 valence electrons. The number of hydrogen-bond donors (Lipinski definition) is 2. The van der Waals surface area contributed by atoms with Crippen LogP contribution in [-0.4, -0.2) is 13.0 Å². The Morgan fingerprint density at radius 1 is 1.13 bits per heavy atom. The highest BCUT2D eigenvalue weighted by molar-refractivity contribution is 5.94. The summed E-state index contributed by atoms with van der Waals surface area (Å²) in [6, 6.07) is 13.6. The maximum Gasteiger partial charge on any atom is 0.224 e. The second kappa shape index (κ2) is 9.06. The summed E-state index contributed by atoms with van der Waals surface area (Å²) in [6.07, 6.45) is 2.15.